The van der Waals surface area contributed by atoms with Crippen molar-refractivity contribution in [3.05, 3.63) is 275 Å². The van der Waals surface area contributed by atoms with E-state index in [1.54, 1.807) is 11.1 Å². The molecule has 9 aromatic carbocycles. The molecule has 0 nitrogen and oxygen atoms in total. The molecule has 0 heterocycles. The van der Waals surface area contributed by atoms with Gasteiger partial charge in [0.05, 0.1) is 0 Å². The maximum absolute atomic E-state index is 2.41. The second kappa shape index (κ2) is 24.9. The minimum absolute atomic E-state index is 0.143. The molecule has 0 aromatic heterocycles. The Hall–Kier alpha value is -6.50. The lowest BCUT2D eigenvalue weighted by molar-refractivity contribution is 0.495. The molecule has 0 radical (unpaired) electrons. The Bertz CT molecular complexity index is 2450. The van der Waals surface area contributed by atoms with Gasteiger partial charge in [0.25, 0.3) is 0 Å². The van der Waals surface area contributed by atoms with Gasteiger partial charge in [0, 0.05) is 10.8 Å². The van der Waals surface area contributed by atoms with Gasteiger partial charge in [-0.2, -0.15) is 0 Å². The number of fused-ring (bicyclic) bond motifs is 2. The summed E-state index contributed by atoms with van der Waals surface area (Å²) >= 11 is 0. The Kier molecular flexibility index (Phi) is 17.2. The van der Waals surface area contributed by atoms with E-state index in [1.807, 2.05) is 0 Å². The van der Waals surface area contributed by atoms with Crippen LogP contribution in [0.2, 0.25) is 0 Å². The molecule has 0 aliphatic heterocycles. The van der Waals surface area contributed by atoms with Crippen molar-refractivity contribution in [1.82, 2.24) is 0 Å². The topological polar surface area (TPSA) is 0 Å². The highest BCUT2D eigenvalue weighted by Gasteiger charge is 2.36. The van der Waals surface area contributed by atoms with Gasteiger partial charge in [-0.1, -0.05) is 308 Å². The monoisotopic (exact) mass is 915 g/mol. The summed E-state index contributed by atoms with van der Waals surface area (Å²) in [5.41, 5.74) is 11.2. The molecule has 0 atom stereocenters. The molecule has 0 spiro atoms. The first-order chi connectivity index (χ1) is 34.8. The molecular formula is C70H74. The van der Waals surface area contributed by atoms with E-state index < -0.39 is 0 Å². The predicted octanol–water partition coefficient (Wildman–Crippen LogP) is 19.4. The third kappa shape index (κ3) is 11.2. The van der Waals surface area contributed by atoms with E-state index >= 15 is 0 Å². The molecular weight excluding hydrogens is 841 g/mol. The van der Waals surface area contributed by atoms with Crippen molar-refractivity contribution in [2.45, 2.75) is 126 Å². The number of aryl methyl sites for hydroxylation is 2. The van der Waals surface area contributed by atoms with E-state index in [4.69, 9.17) is 0 Å². The van der Waals surface area contributed by atoms with Gasteiger partial charge in [-0.3, -0.25) is 0 Å². The molecule has 0 heteroatoms. The number of hydrogen-bond acceptors (Lipinski definition) is 0. The molecule has 354 valence electrons. The Morgan fingerprint density at radius 3 is 0.600 bits per heavy atom. The van der Waals surface area contributed by atoms with Crippen molar-refractivity contribution in [2.24, 2.45) is 0 Å². The van der Waals surface area contributed by atoms with Gasteiger partial charge in [-0.25, -0.2) is 0 Å². The molecule has 0 aliphatic carbocycles. The zero-order valence-electron chi connectivity index (χ0n) is 41.7. The molecule has 0 fully saturated rings. The van der Waals surface area contributed by atoms with Crippen molar-refractivity contribution in [2.75, 3.05) is 0 Å². The first-order valence-corrected chi connectivity index (χ1v) is 27.0. The fourth-order valence-electron chi connectivity index (χ4n) is 12.2. The SMILES string of the molecule is c1ccc(C(CCCCCCCCCc2c3ccccc3c(CCCCCCCCCC(c3ccccc3)(c3ccccc3)c3ccccc3)c3ccccc23)(c2ccccc2)c2ccccc2)cc1. The second-order valence-corrected chi connectivity index (χ2v) is 20.0. The summed E-state index contributed by atoms with van der Waals surface area (Å²) < 4.78 is 0. The molecule has 9 aromatic rings. The van der Waals surface area contributed by atoms with Crippen molar-refractivity contribution in [1.29, 1.82) is 0 Å². The highest BCUT2D eigenvalue weighted by molar-refractivity contribution is 6.05. The van der Waals surface area contributed by atoms with Crippen LogP contribution in [0.1, 0.15) is 147 Å². The summed E-state index contributed by atoms with van der Waals surface area (Å²) in [5, 5.41) is 5.92. The van der Waals surface area contributed by atoms with Crippen molar-refractivity contribution < 1.29 is 0 Å². The van der Waals surface area contributed by atoms with E-state index in [-0.39, 0.29) is 10.8 Å². The van der Waals surface area contributed by atoms with Crippen LogP contribution in [0.5, 0.6) is 0 Å². The van der Waals surface area contributed by atoms with Gasteiger partial charge in [-0.05, 0) is 105 Å². The minimum Gasteiger partial charge on any atom is -0.0622 e. The van der Waals surface area contributed by atoms with Crippen LogP contribution in [-0.2, 0) is 23.7 Å². The Labute approximate surface area is 420 Å². The van der Waals surface area contributed by atoms with Crippen LogP contribution in [0.15, 0.2) is 231 Å². The van der Waals surface area contributed by atoms with Gasteiger partial charge in [0.1, 0.15) is 0 Å². The van der Waals surface area contributed by atoms with Gasteiger partial charge in [-0.15, -0.1) is 0 Å². The third-order valence-corrected chi connectivity index (χ3v) is 15.7. The summed E-state index contributed by atoms with van der Waals surface area (Å²) in [4.78, 5) is 0. The molecule has 0 unspecified atom stereocenters. The zero-order valence-corrected chi connectivity index (χ0v) is 41.7. The van der Waals surface area contributed by atoms with Crippen LogP contribution in [0.3, 0.4) is 0 Å². The summed E-state index contributed by atoms with van der Waals surface area (Å²) in [6, 6.07) is 86.0. The Morgan fingerprint density at radius 1 is 0.186 bits per heavy atom. The lowest BCUT2D eigenvalue weighted by atomic mass is 9.66. The molecule has 0 saturated carbocycles. The molecule has 9 rings (SSSR count). The number of unbranched alkanes of at least 4 members (excludes halogenated alkanes) is 12. The van der Waals surface area contributed by atoms with Crippen LogP contribution in [0.4, 0.5) is 0 Å². The molecule has 0 aliphatic rings. The Balaban J connectivity index is 0.753. The standard InChI is InChI=1S/C70H74/c1(5-9-35-55-69(57-37-17-11-18-38-57,58-39-19-12-20-40-58)59-41-21-13-22-42-59)3-7-29-49-63-65-51-31-33-53-67(65)64(68-54-34-32-52-66(63)68)50-30-8-4-2-6-10-36-56-70(60-43-23-14-24-44-60,61-45-25-15-26-46-61)62-47-27-16-28-48-62/h11-28,31-34,37-48,51-54H,1-10,29-30,35-36,49-50,55-56H2. The van der Waals surface area contributed by atoms with Crippen LogP contribution in [0, 0.1) is 0 Å². The molecule has 0 bridgehead atoms. The first kappa shape index (κ1) is 48.5. The van der Waals surface area contributed by atoms with E-state index in [9.17, 15) is 0 Å². The van der Waals surface area contributed by atoms with E-state index in [1.165, 1.54) is 145 Å². The van der Waals surface area contributed by atoms with Crippen molar-refractivity contribution in [3.8, 4) is 0 Å². The fraction of sp³-hybridized carbons (Fsp3) is 0.286. The van der Waals surface area contributed by atoms with Crippen molar-refractivity contribution in [3.63, 3.8) is 0 Å². The zero-order chi connectivity index (χ0) is 47.5. The highest BCUT2D eigenvalue weighted by atomic mass is 14.4. The molecule has 70 heavy (non-hydrogen) atoms. The van der Waals surface area contributed by atoms with Crippen LogP contribution >= 0.6 is 0 Å². The quantitative estimate of drug-likeness (QED) is 0.0288. The van der Waals surface area contributed by atoms with Crippen LogP contribution in [0.25, 0.3) is 21.5 Å². The summed E-state index contributed by atoms with van der Waals surface area (Å²) in [5.74, 6) is 0. The smallest absolute Gasteiger partial charge is 0.0451 e. The first-order valence-electron chi connectivity index (χ1n) is 27.0. The maximum Gasteiger partial charge on any atom is 0.0451 e. The number of rotatable bonds is 26. The van der Waals surface area contributed by atoms with Gasteiger partial charge >= 0.3 is 0 Å². The van der Waals surface area contributed by atoms with Gasteiger partial charge in [0.2, 0.25) is 0 Å². The Morgan fingerprint density at radius 2 is 0.371 bits per heavy atom. The normalized spacial score (nSPS) is 11.9. The maximum atomic E-state index is 2.41. The van der Waals surface area contributed by atoms with Crippen LogP contribution in [-0.4, -0.2) is 0 Å². The lowest BCUT2D eigenvalue weighted by Gasteiger charge is -2.36. The molecule has 0 saturated heterocycles. The van der Waals surface area contributed by atoms with E-state index in [0.717, 1.165) is 25.7 Å². The minimum atomic E-state index is -0.143. The molecule has 0 N–H and O–H groups in total. The number of hydrogen-bond donors (Lipinski definition) is 0. The highest BCUT2D eigenvalue weighted by Crippen LogP contribution is 2.45. The number of benzene rings is 9. The largest absolute Gasteiger partial charge is 0.0622 e. The van der Waals surface area contributed by atoms with Gasteiger partial charge in [0.15, 0.2) is 0 Å². The summed E-state index contributed by atoms with van der Waals surface area (Å²) in [6.07, 6.45) is 22.4. The van der Waals surface area contributed by atoms with E-state index in [2.05, 4.69) is 231 Å². The van der Waals surface area contributed by atoms with Crippen LogP contribution < -0.4 is 0 Å². The average Bonchev–Trinajstić information content (AvgIpc) is 3.44. The summed E-state index contributed by atoms with van der Waals surface area (Å²) in [6.45, 7) is 0. The third-order valence-electron chi connectivity index (χ3n) is 15.7. The average molecular weight is 915 g/mol. The fourth-order valence-corrected chi connectivity index (χ4v) is 12.2. The predicted molar refractivity (Wildman–Crippen MR) is 301 cm³/mol. The van der Waals surface area contributed by atoms with Gasteiger partial charge < -0.3 is 0 Å². The second-order valence-electron chi connectivity index (χ2n) is 20.0. The lowest BCUT2D eigenvalue weighted by Crippen LogP contribution is -2.29. The van der Waals surface area contributed by atoms with E-state index in [0.29, 0.717) is 0 Å². The molecule has 0 amide bonds. The van der Waals surface area contributed by atoms with Crippen molar-refractivity contribution >= 4 is 21.5 Å². The summed E-state index contributed by atoms with van der Waals surface area (Å²) in [7, 11) is 0.